The zero-order valence-corrected chi connectivity index (χ0v) is 11.0. The number of hydrogen-bond acceptors (Lipinski definition) is 2. The molecule has 3 nitrogen and oxygen atoms in total. The summed E-state index contributed by atoms with van der Waals surface area (Å²) in [5.41, 5.74) is 0. The molecule has 0 radical (unpaired) electrons. The van der Waals surface area contributed by atoms with Crippen LogP contribution in [0.5, 0.6) is 0 Å². The van der Waals surface area contributed by atoms with E-state index < -0.39 is 0 Å². The highest BCUT2D eigenvalue weighted by atomic mass is 16.3. The van der Waals surface area contributed by atoms with Crippen LogP contribution in [0.1, 0.15) is 59.3 Å². The fourth-order valence-electron chi connectivity index (χ4n) is 1.81. The van der Waals surface area contributed by atoms with Gasteiger partial charge in [0.2, 0.25) is 5.91 Å². The van der Waals surface area contributed by atoms with Gasteiger partial charge in [0.15, 0.2) is 0 Å². The molecule has 2 N–H and O–H groups in total. The van der Waals surface area contributed by atoms with Crippen molar-refractivity contribution in [1.29, 1.82) is 0 Å². The lowest BCUT2D eigenvalue weighted by molar-refractivity contribution is -0.125. The summed E-state index contributed by atoms with van der Waals surface area (Å²) in [5, 5.41) is 12.3. The summed E-state index contributed by atoms with van der Waals surface area (Å²) in [5.74, 6) is 0.320. The van der Waals surface area contributed by atoms with Crippen LogP contribution in [0.3, 0.4) is 0 Å². The minimum Gasteiger partial charge on any atom is -0.393 e. The standard InChI is InChI=1S/C13H27NO2/c1-4-7-11(8-5-2)13(16)14-10-9-12(15)6-3/h11-12,15H,4-10H2,1-3H3,(H,14,16). The molecule has 0 spiro atoms. The average Bonchev–Trinajstić information content (AvgIpc) is 2.28. The minimum absolute atomic E-state index is 0.159. The molecule has 0 saturated heterocycles. The highest BCUT2D eigenvalue weighted by Gasteiger charge is 2.15. The van der Waals surface area contributed by atoms with Gasteiger partial charge in [-0.15, -0.1) is 0 Å². The topological polar surface area (TPSA) is 49.3 Å². The first-order valence-electron chi connectivity index (χ1n) is 6.61. The smallest absolute Gasteiger partial charge is 0.223 e. The van der Waals surface area contributed by atoms with Gasteiger partial charge in [-0.1, -0.05) is 33.6 Å². The quantitative estimate of drug-likeness (QED) is 0.638. The monoisotopic (exact) mass is 229 g/mol. The van der Waals surface area contributed by atoms with Crippen LogP contribution >= 0.6 is 0 Å². The van der Waals surface area contributed by atoms with Crippen molar-refractivity contribution in [3.63, 3.8) is 0 Å². The second-order valence-corrected chi connectivity index (χ2v) is 4.42. The van der Waals surface area contributed by atoms with Crippen LogP contribution < -0.4 is 5.32 Å². The van der Waals surface area contributed by atoms with Crippen LogP contribution in [0.2, 0.25) is 0 Å². The Bertz CT molecular complexity index is 177. The fourth-order valence-corrected chi connectivity index (χ4v) is 1.81. The van der Waals surface area contributed by atoms with Gasteiger partial charge in [-0.05, 0) is 25.7 Å². The Hall–Kier alpha value is -0.570. The van der Waals surface area contributed by atoms with E-state index in [-0.39, 0.29) is 17.9 Å². The molecule has 0 saturated carbocycles. The predicted octanol–water partition coefficient (Wildman–Crippen LogP) is 2.48. The molecule has 0 aliphatic rings. The maximum absolute atomic E-state index is 11.8. The molecule has 0 aromatic rings. The third-order valence-corrected chi connectivity index (χ3v) is 2.89. The van der Waals surface area contributed by atoms with Gasteiger partial charge in [-0.3, -0.25) is 4.79 Å². The lowest BCUT2D eigenvalue weighted by Crippen LogP contribution is -2.32. The Morgan fingerprint density at radius 2 is 1.69 bits per heavy atom. The van der Waals surface area contributed by atoms with Gasteiger partial charge >= 0.3 is 0 Å². The van der Waals surface area contributed by atoms with Crippen LogP contribution in [0, 0.1) is 5.92 Å². The van der Waals surface area contributed by atoms with E-state index in [0.717, 1.165) is 32.1 Å². The number of nitrogens with one attached hydrogen (secondary N) is 1. The molecule has 0 aromatic heterocycles. The molecule has 0 fully saturated rings. The van der Waals surface area contributed by atoms with Gasteiger partial charge in [0.25, 0.3) is 0 Å². The lowest BCUT2D eigenvalue weighted by Gasteiger charge is -2.16. The Morgan fingerprint density at radius 3 is 2.12 bits per heavy atom. The molecule has 3 heteroatoms. The van der Waals surface area contributed by atoms with Crippen molar-refractivity contribution in [2.45, 2.75) is 65.4 Å². The number of carbonyl (C=O) groups excluding carboxylic acids is 1. The van der Waals surface area contributed by atoms with Crippen LogP contribution in [0.4, 0.5) is 0 Å². The van der Waals surface area contributed by atoms with E-state index in [0.29, 0.717) is 13.0 Å². The maximum Gasteiger partial charge on any atom is 0.223 e. The predicted molar refractivity (Wildman–Crippen MR) is 67.2 cm³/mol. The highest BCUT2D eigenvalue weighted by molar-refractivity contribution is 5.78. The molecule has 0 aliphatic carbocycles. The van der Waals surface area contributed by atoms with E-state index in [1.165, 1.54) is 0 Å². The van der Waals surface area contributed by atoms with Gasteiger partial charge in [0.05, 0.1) is 6.10 Å². The third kappa shape index (κ3) is 6.83. The summed E-state index contributed by atoms with van der Waals surface area (Å²) in [6.45, 7) is 6.76. The Morgan fingerprint density at radius 1 is 1.12 bits per heavy atom. The lowest BCUT2D eigenvalue weighted by atomic mass is 9.97. The molecule has 0 aromatic carbocycles. The molecule has 1 unspecified atom stereocenters. The Labute approximate surface area is 99.6 Å². The van der Waals surface area contributed by atoms with E-state index in [9.17, 15) is 9.90 Å². The summed E-state index contributed by atoms with van der Waals surface area (Å²) < 4.78 is 0. The summed E-state index contributed by atoms with van der Waals surface area (Å²) in [6, 6.07) is 0. The van der Waals surface area contributed by atoms with Crippen LogP contribution in [-0.4, -0.2) is 23.7 Å². The first-order valence-corrected chi connectivity index (χ1v) is 6.61. The number of aliphatic hydroxyl groups is 1. The van der Waals surface area contributed by atoms with Crippen molar-refractivity contribution in [2.75, 3.05) is 6.54 Å². The Kier molecular flexibility index (Phi) is 9.30. The third-order valence-electron chi connectivity index (χ3n) is 2.89. The summed E-state index contributed by atoms with van der Waals surface area (Å²) in [6.07, 6.45) is 5.17. The number of hydrogen-bond donors (Lipinski definition) is 2. The molecule has 1 atom stereocenters. The first-order chi connectivity index (χ1) is 7.65. The maximum atomic E-state index is 11.8. The second kappa shape index (κ2) is 9.64. The van der Waals surface area contributed by atoms with Gasteiger partial charge in [0, 0.05) is 12.5 Å². The molecule has 0 aliphatic heterocycles. The number of aliphatic hydroxyl groups excluding tert-OH is 1. The van der Waals surface area contributed by atoms with Crippen molar-refractivity contribution in [1.82, 2.24) is 5.32 Å². The average molecular weight is 229 g/mol. The van der Waals surface area contributed by atoms with E-state index >= 15 is 0 Å². The summed E-state index contributed by atoms with van der Waals surface area (Å²) in [7, 11) is 0. The van der Waals surface area contributed by atoms with E-state index in [1.54, 1.807) is 0 Å². The van der Waals surface area contributed by atoms with Gasteiger partial charge in [0.1, 0.15) is 0 Å². The van der Waals surface area contributed by atoms with Crippen LogP contribution in [-0.2, 0) is 4.79 Å². The van der Waals surface area contributed by atoms with E-state index in [4.69, 9.17) is 0 Å². The van der Waals surface area contributed by atoms with E-state index in [1.807, 2.05) is 6.92 Å². The first kappa shape index (κ1) is 15.4. The number of amides is 1. The van der Waals surface area contributed by atoms with Gasteiger partial charge < -0.3 is 10.4 Å². The SMILES string of the molecule is CCCC(CCC)C(=O)NCCC(O)CC. The molecule has 0 rings (SSSR count). The zero-order chi connectivity index (χ0) is 12.4. The van der Waals surface area contributed by atoms with Crippen molar-refractivity contribution < 1.29 is 9.90 Å². The molecule has 96 valence electrons. The van der Waals surface area contributed by atoms with Crippen LogP contribution in [0.25, 0.3) is 0 Å². The molecule has 0 bridgehead atoms. The van der Waals surface area contributed by atoms with Gasteiger partial charge in [-0.2, -0.15) is 0 Å². The van der Waals surface area contributed by atoms with Crippen molar-refractivity contribution >= 4 is 5.91 Å². The number of rotatable bonds is 9. The summed E-state index contributed by atoms with van der Waals surface area (Å²) in [4.78, 5) is 11.8. The zero-order valence-electron chi connectivity index (χ0n) is 11.0. The highest BCUT2D eigenvalue weighted by Crippen LogP contribution is 2.13. The van der Waals surface area contributed by atoms with Gasteiger partial charge in [-0.25, -0.2) is 0 Å². The normalized spacial score (nSPS) is 12.8. The van der Waals surface area contributed by atoms with Crippen LogP contribution in [0.15, 0.2) is 0 Å². The molecular formula is C13H27NO2. The number of carbonyl (C=O) groups is 1. The second-order valence-electron chi connectivity index (χ2n) is 4.42. The van der Waals surface area contributed by atoms with E-state index in [2.05, 4.69) is 19.2 Å². The van der Waals surface area contributed by atoms with Crippen molar-refractivity contribution in [3.05, 3.63) is 0 Å². The fraction of sp³-hybridized carbons (Fsp3) is 0.923. The molecule has 16 heavy (non-hydrogen) atoms. The summed E-state index contributed by atoms with van der Waals surface area (Å²) >= 11 is 0. The minimum atomic E-state index is -0.281. The Balaban J connectivity index is 3.81. The molecule has 0 heterocycles. The van der Waals surface area contributed by atoms with Crippen molar-refractivity contribution in [3.8, 4) is 0 Å². The largest absolute Gasteiger partial charge is 0.393 e. The molecule has 1 amide bonds. The molecular weight excluding hydrogens is 202 g/mol. The van der Waals surface area contributed by atoms with Crippen molar-refractivity contribution in [2.24, 2.45) is 5.92 Å².